The van der Waals surface area contributed by atoms with Gasteiger partial charge in [-0.3, -0.25) is 4.79 Å². The maximum Gasteiger partial charge on any atom is 0.321 e. The summed E-state index contributed by atoms with van der Waals surface area (Å²) in [5, 5.41) is 0. The van der Waals surface area contributed by atoms with Gasteiger partial charge < -0.3 is 4.74 Å². The average Bonchev–Trinajstić information content (AvgIpc) is 2.33. The lowest BCUT2D eigenvalue weighted by atomic mass is 10.3. The second kappa shape index (κ2) is 6.44. The maximum atomic E-state index is 13.6. The van der Waals surface area contributed by atoms with Crippen LogP contribution < -0.4 is 0 Å². The Kier molecular flexibility index (Phi) is 5.35. The van der Waals surface area contributed by atoms with Crippen molar-refractivity contribution in [3.8, 4) is 0 Å². The molecule has 0 N–H and O–H groups in total. The van der Waals surface area contributed by atoms with Gasteiger partial charge in [0.15, 0.2) is 4.90 Å². The van der Waals surface area contributed by atoms with Gasteiger partial charge in [0.2, 0.25) is 10.0 Å². The minimum absolute atomic E-state index is 0.257. The molecule has 118 valence electrons. The third kappa shape index (κ3) is 3.73. The van der Waals surface area contributed by atoms with E-state index in [-0.39, 0.29) is 12.1 Å². The summed E-state index contributed by atoms with van der Waals surface area (Å²) >= 11 is 0. The van der Waals surface area contributed by atoms with Gasteiger partial charge in [-0.15, -0.1) is 0 Å². The molecular weight excluding hydrogens is 311 g/mol. The van der Waals surface area contributed by atoms with E-state index < -0.39 is 50.9 Å². The maximum absolute atomic E-state index is 13.6. The average molecular weight is 325 g/mol. The van der Waals surface area contributed by atoms with Gasteiger partial charge in [0.1, 0.15) is 24.0 Å². The van der Waals surface area contributed by atoms with E-state index in [9.17, 15) is 26.4 Å². The van der Waals surface area contributed by atoms with Gasteiger partial charge in [-0.2, -0.15) is 4.31 Å². The second-order valence-electron chi connectivity index (χ2n) is 4.42. The summed E-state index contributed by atoms with van der Waals surface area (Å²) < 4.78 is 69.7. The van der Waals surface area contributed by atoms with Gasteiger partial charge in [-0.25, -0.2) is 21.6 Å². The molecule has 0 radical (unpaired) electrons. The molecule has 0 saturated heterocycles. The Bertz CT molecular complexity index is 623. The van der Waals surface area contributed by atoms with Gasteiger partial charge in [0.05, 0.1) is 7.11 Å². The number of rotatable bonds is 5. The van der Waals surface area contributed by atoms with E-state index in [2.05, 4.69) is 4.74 Å². The Hall–Kier alpha value is -1.61. The second-order valence-corrected chi connectivity index (χ2v) is 6.25. The molecule has 1 aromatic rings. The van der Waals surface area contributed by atoms with Crippen molar-refractivity contribution in [3.05, 3.63) is 29.6 Å². The number of hydrogen-bond donors (Lipinski definition) is 0. The molecular formula is C12H14F3NO4S. The molecule has 0 bridgehead atoms. The SMILES string of the molecule is COC(=O)CN(C(C)C)S(=O)(=O)c1c(F)cc(F)cc1F. The van der Waals surface area contributed by atoms with Gasteiger partial charge in [0, 0.05) is 18.2 Å². The van der Waals surface area contributed by atoms with Crippen LogP contribution in [-0.4, -0.2) is 38.4 Å². The van der Waals surface area contributed by atoms with Crippen molar-refractivity contribution >= 4 is 16.0 Å². The molecule has 9 heteroatoms. The largest absolute Gasteiger partial charge is 0.468 e. The molecule has 0 aromatic heterocycles. The van der Waals surface area contributed by atoms with Crippen LogP contribution in [0.3, 0.4) is 0 Å². The number of carbonyl (C=O) groups is 1. The highest BCUT2D eigenvalue weighted by Gasteiger charge is 2.34. The first-order chi connectivity index (χ1) is 9.61. The fourth-order valence-electron chi connectivity index (χ4n) is 1.63. The summed E-state index contributed by atoms with van der Waals surface area (Å²) in [6, 6.07) is -0.253. The van der Waals surface area contributed by atoms with E-state index in [0.717, 1.165) is 7.11 Å². The van der Waals surface area contributed by atoms with Crippen LogP contribution in [0.4, 0.5) is 13.2 Å². The highest BCUT2D eigenvalue weighted by molar-refractivity contribution is 7.89. The Labute approximate surface area is 120 Å². The molecule has 0 aliphatic rings. The molecule has 1 aromatic carbocycles. The summed E-state index contributed by atoms with van der Waals surface area (Å²) in [7, 11) is -3.62. The van der Waals surface area contributed by atoms with E-state index in [4.69, 9.17) is 0 Å². The predicted octanol–water partition coefficient (Wildman–Crippen LogP) is 1.68. The molecule has 0 spiro atoms. The highest BCUT2D eigenvalue weighted by atomic mass is 32.2. The number of nitrogens with zero attached hydrogens (tertiary/aromatic N) is 1. The first kappa shape index (κ1) is 17.4. The normalized spacial score (nSPS) is 12.0. The lowest BCUT2D eigenvalue weighted by Gasteiger charge is -2.25. The van der Waals surface area contributed by atoms with Crippen molar-refractivity contribution in [1.29, 1.82) is 0 Å². The monoisotopic (exact) mass is 325 g/mol. The van der Waals surface area contributed by atoms with Crippen LogP contribution in [0.25, 0.3) is 0 Å². The summed E-state index contributed by atoms with van der Waals surface area (Å²) in [6.45, 7) is 2.12. The van der Waals surface area contributed by atoms with E-state index in [1.807, 2.05) is 0 Å². The fraction of sp³-hybridized carbons (Fsp3) is 0.417. The van der Waals surface area contributed by atoms with Crippen LogP contribution >= 0.6 is 0 Å². The molecule has 0 saturated carbocycles. The van der Waals surface area contributed by atoms with Crippen LogP contribution in [0.1, 0.15) is 13.8 Å². The highest BCUT2D eigenvalue weighted by Crippen LogP contribution is 2.25. The number of methoxy groups -OCH3 is 1. The molecule has 0 unspecified atom stereocenters. The summed E-state index contributed by atoms with van der Waals surface area (Å²) in [4.78, 5) is 9.95. The number of benzene rings is 1. The number of halogens is 3. The third-order valence-corrected chi connectivity index (χ3v) is 4.69. The van der Waals surface area contributed by atoms with Crippen LogP contribution in [0.5, 0.6) is 0 Å². The molecule has 0 atom stereocenters. The van der Waals surface area contributed by atoms with Gasteiger partial charge in [-0.05, 0) is 13.8 Å². The van der Waals surface area contributed by atoms with Crippen LogP contribution in [-0.2, 0) is 19.6 Å². The molecule has 0 fully saturated rings. The first-order valence-electron chi connectivity index (χ1n) is 5.84. The van der Waals surface area contributed by atoms with Crippen molar-refractivity contribution in [2.24, 2.45) is 0 Å². The molecule has 0 aliphatic carbocycles. The van der Waals surface area contributed by atoms with Crippen LogP contribution in [0.15, 0.2) is 17.0 Å². The van der Waals surface area contributed by atoms with Gasteiger partial charge in [0.25, 0.3) is 0 Å². The Morgan fingerprint density at radius 3 is 2.10 bits per heavy atom. The first-order valence-corrected chi connectivity index (χ1v) is 7.28. The Balaban J connectivity index is 3.40. The van der Waals surface area contributed by atoms with Crippen molar-refractivity contribution in [3.63, 3.8) is 0 Å². The third-order valence-electron chi connectivity index (χ3n) is 2.62. The number of esters is 1. The number of hydrogen-bond acceptors (Lipinski definition) is 4. The Morgan fingerprint density at radius 2 is 1.71 bits per heavy atom. The lowest BCUT2D eigenvalue weighted by molar-refractivity contribution is -0.141. The topological polar surface area (TPSA) is 63.7 Å². The minimum atomic E-state index is -4.67. The van der Waals surface area contributed by atoms with E-state index in [1.54, 1.807) is 0 Å². The standard InChI is InChI=1S/C12H14F3NO4S/c1-7(2)16(6-11(17)20-3)21(18,19)12-9(14)4-8(13)5-10(12)15/h4-5,7H,6H2,1-3H3. The van der Waals surface area contributed by atoms with Crippen molar-refractivity contribution in [2.75, 3.05) is 13.7 Å². The summed E-state index contributed by atoms with van der Waals surface area (Å²) in [5.74, 6) is -5.27. The molecule has 0 aliphatic heterocycles. The fourth-order valence-corrected chi connectivity index (χ4v) is 3.31. The summed E-state index contributed by atoms with van der Waals surface area (Å²) in [6.07, 6.45) is 0. The van der Waals surface area contributed by atoms with Crippen LogP contribution in [0, 0.1) is 17.5 Å². The number of carbonyl (C=O) groups excluding carboxylic acids is 1. The predicted molar refractivity (Wildman–Crippen MR) is 67.4 cm³/mol. The zero-order chi connectivity index (χ0) is 16.4. The lowest BCUT2D eigenvalue weighted by Crippen LogP contribution is -2.41. The summed E-state index contributed by atoms with van der Waals surface area (Å²) in [5.41, 5.74) is 0. The molecule has 1 rings (SSSR count). The quantitative estimate of drug-likeness (QED) is 0.773. The zero-order valence-corrected chi connectivity index (χ0v) is 12.4. The minimum Gasteiger partial charge on any atom is -0.468 e. The Morgan fingerprint density at radius 1 is 1.24 bits per heavy atom. The van der Waals surface area contributed by atoms with Gasteiger partial charge in [-0.1, -0.05) is 0 Å². The molecule has 0 amide bonds. The zero-order valence-electron chi connectivity index (χ0n) is 11.6. The molecule has 5 nitrogen and oxygen atoms in total. The molecule has 0 heterocycles. The smallest absolute Gasteiger partial charge is 0.321 e. The van der Waals surface area contributed by atoms with E-state index in [0.29, 0.717) is 4.31 Å². The number of ether oxygens (including phenoxy) is 1. The number of sulfonamides is 1. The van der Waals surface area contributed by atoms with Crippen molar-refractivity contribution in [2.45, 2.75) is 24.8 Å². The van der Waals surface area contributed by atoms with E-state index >= 15 is 0 Å². The molecule has 21 heavy (non-hydrogen) atoms. The van der Waals surface area contributed by atoms with Crippen molar-refractivity contribution < 1.29 is 31.1 Å². The van der Waals surface area contributed by atoms with E-state index in [1.165, 1.54) is 13.8 Å². The van der Waals surface area contributed by atoms with Crippen LogP contribution in [0.2, 0.25) is 0 Å². The van der Waals surface area contributed by atoms with Crippen molar-refractivity contribution in [1.82, 2.24) is 4.31 Å². The van der Waals surface area contributed by atoms with Gasteiger partial charge >= 0.3 is 5.97 Å².